The maximum Gasteiger partial charge on any atom is 0.418 e. The van der Waals surface area contributed by atoms with Crippen LogP contribution in [-0.4, -0.2) is 80.7 Å². The third-order valence-corrected chi connectivity index (χ3v) is 5.15. The summed E-state index contributed by atoms with van der Waals surface area (Å²) < 4.78 is 87.1. The number of nitrogens with zero attached hydrogens (tertiary/aromatic N) is 4. The lowest BCUT2D eigenvalue weighted by Gasteiger charge is -2.35. The maximum atomic E-state index is 12.9. The molecule has 0 bridgehead atoms. The number of hydrogen-bond donors (Lipinski definition) is 1. The number of amides is 1. The van der Waals surface area contributed by atoms with E-state index in [0.717, 1.165) is 18.5 Å². The molecule has 1 fully saturated rings. The van der Waals surface area contributed by atoms with E-state index in [4.69, 9.17) is 9.47 Å². The van der Waals surface area contributed by atoms with Gasteiger partial charge in [0.05, 0.1) is 43.5 Å². The highest BCUT2D eigenvalue weighted by atomic mass is 19.4. The molecule has 0 radical (unpaired) electrons. The summed E-state index contributed by atoms with van der Waals surface area (Å²) in [5.74, 6) is -0.120. The molecule has 0 aliphatic carbocycles. The van der Waals surface area contributed by atoms with Gasteiger partial charge in [-0.15, -0.1) is 0 Å². The number of halogens is 6. The molecule has 0 atom stereocenters. The Kier molecular flexibility index (Phi) is 8.23. The van der Waals surface area contributed by atoms with Gasteiger partial charge in [-0.2, -0.15) is 31.4 Å². The van der Waals surface area contributed by atoms with Crippen molar-refractivity contribution >= 4 is 17.9 Å². The van der Waals surface area contributed by atoms with Crippen LogP contribution in [0, 0.1) is 0 Å². The third-order valence-electron chi connectivity index (χ3n) is 5.15. The van der Waals surface area contributed by atoms with E-state index in [1.54, 1.807) is 9.80 Å². The van der Waals surface area contributed by atoms with Crippen LogP contribution in [0.2, 0.25) is 0 Å². The number of ether oxygens (including phenoxy) is 2. The second-order valence-corrected chi connectivity index (χ2v) is 7.42. The van der Waals surface area contributed by atoms with E-state index < -0.39 is 30.0 Å². The molecule has 0 aromatic carbocycles. The van der Waals surface area contributed by atoms with E-state index in [9.17, 15) is 31.1 Å². The zero-order chi connectivity index (χ0) is 24.8. The Morgan fingerprint density at radius 2 is 1.74 bits per heavy atom. The minimum Gasteiger partial charge on any atom is -0.489 e. The van der Waals surface area contributed by atoms with Gasteiger partial charge in [0.25, 0.3) is 0 Å². The van der Waals surface area contributed by atoms with Crippen molar-refractivity contribution in [2.24, 2.45) is 5.10 Å². The van der Waals surface area contributed by atoms with E-state index in [-0.39, 0.29) is 37.9 Å². The molecule has 3 heterocycles. The van der Waals surface area contributed by atoms with E-state index in [0.29, 0.717) is 32.0 Å². The predicted molar refractivity (Wildman–Crippen MR) is 109 cm³/mol. The van der Waals surface area contributed by atoms with Crippen LogP contribution >= 0.6 is 0 Å². The van der Waals surface area contributed by atoms with Crippen LogP contribution in [0.15, 0.2) is 34.8 Å². The summed E-state index contributed by atoms with van der Waals surface area (Å²) in [5.41, 5.74) is 0.556. The number of carbonyl (C=O) groups excluding carboxylic acids is 1. The molecular weight excluding hydrogens is 472 g/mol. The van der Waals surface area contributed by atoms with Crippen molar-refractivity contribution in [3.05, 3.63) is 35.2 Å². The summed E-state index contributed by atoms with van der Waals surface area (Å²) in [6.45, 7) is 1.07. The number of piperazine rings is 1. The van der Waals surface area contributed by atoms with Gasteiger partial charge >= 0.3 is 12.4 Å². The van der Waals surface area contributed by atoms with Gasteiger partial charge in [0, 0.05) is 32.4 Å². The number of nitrogens with one attached hydrogen (secondary N) is 1. The van der Waals surface area contributed by atoms with Crippen molar-refractivity contribution in [3.63, 3.8) is 0 Å². The fourth-order valence-corrected chi connectivity index (χ4v) is 3.31. The summed E-state index contributed by atoms with van der Waals surface area (Å²) in [7, 11) is 0. The van der Waals surface area contributed by atoms with Gasteiger partial charge in [0.1, 0.15) is 18.2 Å². The van der Waals surface area contributed by atoms with Gasteiger partial charge in [-0.25, -0.2) is 4.98 Å². The number of pyridine rings is 1. The number of anilines is 1. The smallest absolute Gasteiger partial charge is 0.418 e. The van der Waals surface area contributed by atoms with Gasteiger partial charge in [-0.3, -0.25) is 4.79 Å². The normalized spacial score (nSPS) is 17.1. The van der Waals surface area contributed by atoms with Crippen molar-refractivity contribution < 1.29 is 40.6 Å². The first-order chi connectivity index (χ1) is 16.1. The quantitative estimate of drug-likeness (QED) is 0.441. The molecule has 1 amide bonds. The van der Waals surface area contributed by atoms with Crippen molar-refractivity contribution in [2.45, 2.75) is 18.8 Å². The van der Waals surface area contributed by atoms with Crippen LogP contribution in [0.25, 0.3) is 0 Å². The molecule has 8 nitrogen and oxygen atoms in total. The van der Waals surface area contributed by atoms with Crippen molar-refractivity contribution in [1.29, 1.82) is 0 Å². The van der Waals surface area contributed by atoms with Gasteiger partial charge < -0.3 is 24.7 Å². The molecule has 0 saturated carbocycles. The van der Waals surface area contributed by atoms with E-state index in [2.05, 4.69) is 15.5 Å². The molecule has 188 valence electrons. The average Bonchev–Trinajstić information content (AvgIpc) is 2.80. The summed E-state index contributed by atoms with van der Waals surface area (Å²) in [5, 5.41) is 3.55. The van der Waals surface area contributed by atoms with Crippen LogP contribution < -0.4 is 10.3 Å². The van der Waals surface area contributed by atoms with Crippen LogP contribution in [0.3, 0.4) is 0 Å². The Morgan fingerprint density at radius 3 is 2.35 bits per heavy atom. The van der Waals surface area contributed by atoms with Gasteiger partial charge in [-0.05, 0) is 12.1 Å². The zero-order valence-corrected chi connectivity index (χ0v) is 18.0. The second kappa shape index (κ2) is 10.9. The van der Waals surface area contributed by atoms with Gasteiger partial charge in [-0.1, -0.05) is 0 Å². The first kappa shape index (κ1) is 25.6. The number of hydrogen-bond acceptors (Lipinski definition) is 7. The van der Waals surface area contributed by atoms with Crippen molar-refractivity contribution in [3.8, 4) is 0 Å². The number of carbonyl (C=O) groups is 1. The summed E-state index contributed by atoms with van der Waals surface area (Å²) in [6, 6.07) is 2.28. The van der Waals surface area contributed by atoms with Crippen molar-refractivity contribution in [1.82, 2.24) is 15.3 Å². The third kappa shape index (κ3) is 6.98. The largest absolute Gasteiger partial charge is 0.489 e. The Bertz CT molecular complexity index is 893. The number of hydrazone groups is 1. The molecule has 1 saturated heterocycles. The van der Waals surface area contributed by atoms with E-state index >= 15 is 0 Å². The second-order valence-electron chi connectivity index (χ2n) is 7.42. The highest BCUT2D eigenvalue weighted by Gasteiger charge is 2.38. The lowest BCUT2D eigenvalue weighted by molar-refractivity contribution is -0.138. The van der Waals surface area contributed by atoms with Crippen LogP contribution in [0.4, 0.5) is 32.2 Å². The Balaban J connectivity index is 1.33. The van der Waals surface area contributed by atoms with Gasteiger partial charge in [0.2, 0.25) is 5.91 Å². The number of rotatable bonds is 8. The molecule has 14 heteroatoms. The van der Waals surface area contributed by atoms with E-state index in [1.165, 1.54) is 6.07 Å². The lowest BCUT2D eigenvalue weighted by Crippen LogP contribution is -2.49. The fourth-order valence-electron chi connectivity index (χ4n) is 3.31. The number of alkyl halides is 6. The molecule has 3 rings (SSSR count). The van der Waals surface area contributed by atoms with Gasteiger partial charge in [0.15, 0.2) is 0 Å². The van der Waals surface area contributed by atoms with Crippen LogP contribution in [-0.2, 0) is 20.4 Å². The lowest BCUT2D eigenvalue weighted by atomic mass is 10.2. The molecule has 0 spiro atoms. The fraction of sp³-hybridized carbons (Fsp3) is 0.550. The molecular formula is C20H23F6N5O3. The molecule has 34 heavy (non-hydrogen) atoms. The van der Waals surface area contributed by atoms with Crippen molar-refractivity contribution in [2.75, 3.05) is 57.4 Å². The predicted octanol–water partition coefficient (Wildman–Crippen LogP) is 2.58. The van der Waals surface area contributed by atoms with Crippen LogP contribution in [0.5, 0.6) is 0 Å². The van der Waals surface area contributed by atoms with Crippen LogP contribution in [0.1, 0.15) is 12.0 Å². The minimum absolute atomic E-state index is 0.00342. The zero-order valence-electron chi connectivity index (χ0n) is 18.0. The first-order valence-corrected chi connectivity index (χ1v) is 10.4. The maximum absolute atomic E-state index is 12.9. The topological polar surface area (TPSA) is 79.3 Å². The Hall–Kier alpha value is -3.03. The molecule has 1 aromatic heterocycles. The monoisotopic (exact) mass is 495 g/mol. The summed E-state index contributed by atoms with van der Waals surface area (Å²) in [4.78, 5) is 19.6. The minimum atomic E-state index is -4.53. The summed E-state index contributed by atoms with van der Waals surface area (Å²) in [6.07, 6.45) is -7.16. The standard InChI is InChI=1S/C20H23F6N5O3/c21-19(22,23)14-1-2-17(27-11-14)30-4-6-31(7-5-30)18(32)3-8-33-9-10-34-16-13-29-28-12-15(16)20(24,25)26/h1-2,11,13,28H,3-10,12H2. The average molecular weight is 495 g/mol. The Morgan fingerprint density at radius 1 is 1.00 bits per heavy atom. The number of allylic oxidation sites excluding steroid dienone is 1. The first-order valence-electron chi connectivity index (χ1n) is 10.4. The highest BCUT2D eigenvalue weighted by Crippen LogP contribution is 2.30. The summed E-state index contributed by atoms with van der Waals surface area (Å²) >= 11 is 0. The molecule has 0 unspecified atom stereocenters. The Labute approximate surface area is 191 Å². The molecule has 1 N–H and O–H groups in total. The SMILES string of the molecule is O=C(CCOCCOC1=C(C(F)(F)F)CNN=C1)N1CCN(c2ccc(C(F)(F)F)cn2)CC1. The number of aromatic nitrogens is 1. The van der Waals surface area contributed by atoms with E-state index in [1.807, 2.05) is 0 Å². The molecule has 2 aliphatic heterocycles. The molecule has 2 aliphatic rings. The highest BCUT2D eigenvalue weighted by molar-refractivity contribution is 5.78. The molecule has 1 aromatic rings.